The lowest BCUT2D eigenvalue weighted by Gasteiger charge is -2.19. The van der Waals surface area contributed by atoms with Crippen molar-refractivity contribution >= 4 is 17.3 Å². The van der Waals surface area contributed by atoms with E-state index in [0.717, 1.165) is 5.56 Å². The zero-order valence-electron chi connectivity index (χ0n) is 12.0. The molecular weight excluding hydrogens is 295 g/mol. The summed E-state index contributed by atoms with van der Waals surface area (Å²) in [5, 5.41) is 3.69. The number of halogens is 2. The second kappa shape index (κ2) is 6.63. The van der Waals surface area contributed by atoms with Gasteiger partial charge in [0.05, 0.1) is 37.2 Å². The number of aromatic nitrogens is 1. The summed E-state index contributed by atoms with van der Waals surface area (Å²) in [5.74, 6) is 0.739. The van der Waals surface area contributed by atoms with E-state index in [9.17, 15) is 4.39 Å². The summed E-state index contributed by atoms with van der Waals surface area (Å²) in [7, 11) is 3.09. The molecule has 4 nitrogen and oxygen atoms in total. The Morgan fingerprint density at radius 1 is 1.14 bits per heavy atom. The molecule has 21 heavy (non-hydrogen) atoms. The highest BCUT2D eigenvalue weighted by Gasteiger charge is 2.13. The SMILES string of the molecule is COc1cc(N[C@@H](C)c2cncc(F)c2)c(OC)cc1Cl. The summed E-state index contributed by atoms with van der Waals surface area (Å²) in [5.41, 5.74) is 1.43. The number of nitrogens with zero attached hydrogens (tertiary/aromatic N) is 1. The molecule has 0 saturated heterocycles. The molecule has 0 saturated carbocycles. The Balaban J connectivity index is 2.29. The van der Waals surface area contributed by atoms with Gasteiger partial charge in [-0.25, -0.2) is 4.39 Å². The van der Waals surface area contributed by atoms with E-state index in [2.05, 4.69) is 10.3 Å². The van der Waals surface area contributed by atoms with Gasteiger partial charge in [0, 0.05) is 18.3 Å². The van der Waals surface area contributed by atoms with Gasteiger partial charge in [-0.05, 0) is 18.6 Å². The van der Waals surface area contributed by atoms with Crippen molar-refractivity contribution in [1.82, 2.24) is 4.98 Å². The molecule has 0 unspecified atom stereocenters. The van der Waals surface area contributed by atoms with E-state index in [-0.39, 0.29) is 11.9 Å². The first kappa shape index (κ1) is 15.4. The fraction of sp³-hybridized carbons (Fsp3) is 0.267. The van der Waals surface area contributed by atoms with E-state index >= 15 is 0 Å². The first-order chi connectivity index (χ1) is 10.0. The molecule has 0 aliphatic carbocycles. The van der Waals surface area contributed by atoms with Crippen molar-refractivity contribution in [3.63, 3.8) is 0 Å². The predicted octanol–water partition coefficient (Wildman–Crippen LogP) is 4.06. The molecule has 112 valence electrons. The minimum absolute atomic E-state index is 0.159. The molecule has 1 atom stereocenters. The molecule has 1 aromatic carbocycles. The maximum atomic E-state index is 13.2. The van der Waals surface area contributed by atoms with Crippen molar-refractivity contribution < 1.29 is 13.9 Å². The molecule has 0 aliphatic rings. The van der Waals surface area contributed by atoms with Gasteiger partial charge < -0.3 is 14.8 Å². The van der Waals surface area contributed by atoms with Crippen molar-refractivity contribution in [2.75, 3.05) is 19.5 Å². The van der Waals surface area contributed by atoms with Crippen LogP contribution in [0.5, 0.6) is 11.5 Å². The fourth-order valence-corrected chi connectivity index (χ4v) is 2.19. The molecule has 0 spiro atoms. The van der Waals surface area contributed by atoms with Crippen LogP contribution in [0.3, 0.4) is 0 Å². The summed E-state index contributed by atoms with van der Waals surface area (Å²) < 4.78 is 23.7. The van der Waals surface area contributed by atoms with Gasteiger partial charge in [-0.1, -0.05) is 11.6 Å². The van der Waals surface area contributed by atoms with Gasteiger partial charge in [0.25, 0.3) is 0 Å². The monoisotopic (exact) mass is 310 g/mol. The molecule has 0 fully saturated rings. The van der Waals surface area contributed by atoms with Gasteiger partial charge in [-0.3, -0.25) is 4.98 Å². The van der Waals surface area contributed by atoms with E-state index < -0.39 is 0 Å². The molecule has 0 aliphatic heterocycles. The molecule has 2 rings (SSSR count). The van der Waals surface area contributed by atoms with Crippen LogP contribution in [0.25, 0.3) is 0 Å². The van der Waals surface area contributed by atoms with Gasteiger partial charge in [-0.2, -0.15) is 0 Å². The number of anilines is 1. The normalized spacial score (nSPS) is 11.9. The Bertz CT molecular complexity index is 637. The Hall–Kier alpha value is -2.01. The van der Waals surface area contributed by atoms with Crippen LogP contribution in [-0.4, -0.2) is 19.2 Å². The zero-order valence-corrected chi connectivity index (χ0v) is 12.7. The molecule has 0 bridgehead atoms. The van der Waals surface area contributed by atoms with Gasteiger partial charge in [0.1, 0.15) is 17.3 Å². The average molecular weight is 311 g/mol. The van der Waals surface area contributed by atoms with Gasteiger partial charge in [-0.15, -0.1) is 0 Å². The third-order valence-electron chi connectivity index (χ3n) is 3.07. The molecule has 6 heteroatoms. The summed E-state index contributed by atoms with van der Waals surface area (Å²) in [6, 6.07) is 4.68. The van der Waals surface area contributed by atoms with Crippen LogP contribution < -0.4 is 14.8 Å². The van der Waals surface area contributed by atoms with Gasteiger partial charge in [0.15, 0.2) is 0 Å². The molecule has 1 N–H and O–H groups in total. The second-order valence-electron chi connectivity index (χ2n) is 4.49. The average Bonchev–Trinajstić information content (AvgIpc) is 2.48. The highest BCUT2D eigenvalue weighted by atomic mass is 35.5. The summed E-state index contributed by atoms with van der Waals surface area (Å²) in [4.78, 5) is 3.85. The number of hydrogen-bond acceptors (Lipinski definition) is 4. The van der Waals surface area contributed by atoms with E-state index in [1.165, 1.54) is 19.4 Å². The van der Waals surface area contributed by atoms with Crippen LogP contribution in [0, 0.1) is 5.82 Å². The Kier molecular flexibility index (Phi) is 4.85. The third-order valence-corrected chi connectivity index (χ3v) is 3.37. The number of benzene rings is 1. The van der Waals surface area contributed by atoms with E-state index in [1.807, 2.05) is 6.92 Å². The van der Waals surface area contributed by atoms with Crippen LogP contribution in [-0.2, 0) is 0 Å². The Morgan fingerprint density at radius 2 is 1.86 bits per heavy atom. The van der Waals surface area contributed by atoms with Crippen molar-refractivity contribution in [3.05, 3.63) is 47.0 Å². The lowest BCUT2D eigenvalue weighted by atomic mass is 10.1. The molecule has 1 aromatic heterocycles. The summed E-state index contributed by atoms with van der Waals surface area (Å²) in [6.45, 7) is 1.90. The van der Waals surface area contributed by atoms with Crippen molar-refractivity contribution in [1.29, 1.82) is 0 Å². The van der Waals surface area contributed by atoms with Crippen molar-refractivity contribution in [2.24, 2.45) is 0 Å². The highest BCUT2D eigenvalue weighted by Crippen LogP contribution is 2.37. The number of ether oxygens (including phenoxy) is 2. The topological polar surface area (TPSA) is 43.4 Å². The highest BCUT2D eigenvalue weighted by molar-refractivity contribution is 6.32. The van der Waals surface area contributed by atoms with Gasteiger partial charge >= 0.3 is 0 Å². The third kappa shape index (κ3) is 3.55. The largest absolute Gasteiger partial charge is 0.495 e. The number of pyridine rings is 1. The lowest BCUT2D eigenvalue weighted by molar-refractivity contribution is 0.404. The standard InChI is InChI=1S/C15H16ClFN2O2/c1-9(10-4-11(17)8-18-7-10)19-13-6-14(20-2)12(16)5-15(13)21-3/h4-9,19H,1-3H3/t9-/m0/s1. The molecule has 0 radical (unpaired) electrons. The second-order valence-corrected chi connectivity index (χ2v) is 4.90. The number of hydrogen-bond donors (Lipinski definition) is 1. The Morgan fingerprint density at radius 3 is 2.48 bits per heavy atom. The lowest BCUT2D eigenvalue weighted by Crippen LogP contribution is -2.08. The number of rotatable bonds is 5. The number of nitrogens with one attached hydrogen (secondary N) is 1. The van der Waals surface area contributed by atoms with E-state index in [0.29, 0.717) is 22.2 Å². The van der Waals surface area contributed by atoms with Crippen molar-refractivity contribution in [3.8, 4) is 11.5 Å². The van der Waals surface area contributed by atoms with Gasteiger partial charge in [0.2, 0.25) is 0 Å². The molecule has 1 heterocycles. The van der Waals surface area contributed by atoms with E-state index in [4.69, 9.17) is 21.1 Å². The molecule has 0 amide bonds. The van der Waals surface area contributed by atoms with Crippen molar-refractivity contribution in [2.45, 2.75) is 13.0 Å². The quantitative estimate of drug-likeness (QED) is 0.904. The minimum Gasteiger partial charge on any atom is -0.495 e. The Labute approximate surface area is 127 Å². The summed E-state index contributed by atoms with van der Waals surface area (Å²) in [6.07, 6.45) is 2.78. The smallest absolute Gasteiger partial charge is 0.143 e. The zero-order chi connectivity index (χ0) is 15.4. The van der Waals surface area contributed by atoms with Crippen LogP contribution >= 0.6 is 11.6 Å². The molecule has 2 aromatic rings. The first-order valence-electron chi connectivity index (χ1n) is 6.33. The summed E-state index contributed by atoms with van der Waals surface area (Å²) >= 11 is 6.06. The first-order valence-corrected chi connectivity index (χ1v) is 6.71. The van der Waals surface area contributed by atoms with Crippen LogP contribution in [0.2, 0.25) is 5.02 Å². The maximum Gasteiger partial charge on any atom is 0.143 e. The van der Waals surface area contributed by atoms with Crippen LogP contribution in [0.1, 0.15) is 18.5 Å². The van der Waals surface area contributed by atoms with Crippen LogP contribution in [0.4, 0.5) is 10.1 Å². The minimum atomic E-state index is -0.373. The maximum absolute atomic E-state index is 13.2. The van der Waals surface area contributed by atoms with Crippen LogP contribution in [0.15, 0.2) is 30.6 Å². The fourth-order valence-electron chi connectivity index (χ4n) is 1.95. The number of methoxy groups -OCH3 is 2. The van der Waals surface area contributed by atoms with E-state index in [1.54, 1.807) is 25.4 Å². The molecular formula is C15H16ClFN2O2. The predicted molar refractivity (Wildman–Crippen MR) is 80.8 cm³/mol.